The Morgan fingerprint density at radius 2 is 1.70 bits per heavy atom. The van der Waals surface area contributed by atoms with Gasteiger partial charge in [0.25, 0.3) is 0 Å². The molecule has 0 radical (unpaired) electrons. The zero-order valence-corrected chi connectivity index (χ0v) is 13.0. The van der Waals surface area contributed by atoms with E-state index in [9.17, 15) is 8.42 Å². The summed E-state index contributed by atoms with van der Waals surface area (Å²) >= 11 is 0. The monoisotopic (exact) mass is 296 g/mol. The molecule has 1 aliphatic rings. The Labute approximate surface area is 121 Å². The molecule has 2 rings (SSSR count). The molecule has 0 heterocycles. The van der Waals surface area contributed by atoms with E-state index in [4.69, 9.17) is 5.14 Å². The van der Waals surface area contributed by atoms with Crippen molar-refractivity contribution in [3.05, 3.63) is 29.8 Å². The summed E-state index contributed by atoms with van der Waals surface area (Å²) in [7, 11) is -3.60. The average molecular weight is 296 g/mol. The predicted octanol–water partition coefficient (Wildman–Crippen LogP) is 2.56. The van der Waals surface area contributed by atoms with E-state index in [0.29, 0.717) is 6.04 Å². The molecule has 1 aromatic carbocycles. The zero-order valence-electron chi connectivity index (χ0n) is 12.2. The second-order valence-electron chi connectivity index (χ2n) is 5.84. The molecule has 2 atom stereocenters. The third-order valence-electron chi connectivity index (χ3n) is 4.33. The van der Waals surface area contributed by atoms with Gasteiger partial charge in [-0.1, -0.05) is 25.0 Å². The van der Waals surface area contributed by atoms with Gasteiger partial charge in [0, 0.05) is 12.1 Å². The molecule has 1 fully saturated rings. The lowest BCUT2D eigenvalue weighted by molar-refractivity contribution is 0.352. The Bertz CT molecular complexity index is 533. The highest BCUT2D eigenvalue weighted by molar-refractivity contribution is 7.89. The second kappa shape index (κ2) is 6.24. The lowest BCUT2D eigenvalue weighted by atomic mass is 9.98. The van der Waals surface area contributed by atoms with Gasteiger partial charge >= 0.3 is 0 Å². The van der Waals surface area contributed by atoms with Gasteiger partial charge in [-0.2, -0.15) is 0 Å². The SMILES string of the molecule is CC(N[C@@H](C)C1CCCC1)c1ccc(S(N)(=O)=O)cc1. The van der Waals surface area contributed by atoms with Gasteiger partial charge in [-0.25, -0.2) is 13.6 Å². The van der Waals surface area contributed by atoms with Crippen LogP contribution in [-0.4, -0.2) is 14.5 Å². The first-order valence-corrected chi connectivity index (χ1v) is 8.81. The maximum absolute atomic E-state index is 11.2. The first-order valence-electron chi connectivity index (χ1n) is 7.27. The van der Waals surface area contributed by atoms with Crippen LogP contribution in [0.15, 0.2) is 29.2 Å². The first kappa shape index (κ1) is 15.5. The van der Waals surface area contributed by atoms with Crippen molar-refractivity contribution in [3.8, 4) is 0 Å². The van der Waals surface area contributed by atoms with Crippen LogP contribution in [0.4, 0.5) is 0 Å². The van der Waals surface area contributed by atoms with Crippen LogP contribution in [0.2, 0.25) is 0 Å². The summed E-state index contributed by atoms with van der Waals surface area (Å²) < 4.78 is 22.5. The Hall–Kier alpha value is -0.910. The summed E-state index contributed by atoms with van der Waals surface area (Å²) in [6.07, 6.45) is 5.30. The van der Waals surface area contributed by atoms with Crippen LogP contribution in [0.3, 0.4) is 0 Å². The summed E-state index contributed by atoms with van der Waals surface area (Å²) in [5.74, 6) is 0.765. The fraction of sp³-hybridized carbons (Fsp3) is 0.600. The zero-order chi connectivity index (χ0) is 14.8. The smallest absolute Gasteiger partial charge is 0.238 e. The number of hydrogen-bond acceptors (Lipinski definition) is 3. The van der Waals surface area contributed by atoms with Gasteiger partial charge in [-0.3, -0.25) is 0 Å². The number of nitrogens with one attached hydrogen (secondary N) is 1. The number of sulfonamides is 1. The Balaban J connectivity index is 2.00. The molecular formula is C15H24N2O2S. The number of nitrogens with two attached hydrogens (primary N) is 1. The minimum atomic E-state index is -3.60. The van der Waals surface area contributed by atoms with E-state index in [1.165, 1.54) is 25.7 Å². The second-order valence-corrected chi connectivity index (χ2v) is 7.40. The van der Waals surface area contributed by atoms with Gasteiger partial charge in [0.2, 0.25) is 10.0 Å². The van der Waals surface area contributed by atoms with E-state index in [-0.39, 0.29) is 10.9 Å². The van der Waals surface area contributed by atoms with Gasteiger partial charge in [0.1, 0.15) is 0 Å². The molecule has 1 saturated carbocycles. The minimum Gasteiger partial charge on any atom is -0.307 e. The highest BCUT2D eigenvalue weighted by Crippen LogP contribution is 2.28. The van der Waals surface area contributed by atoms with Crippen LogP contribution in [0.5, 0.6) is 0 Å². The van der Waals surface area contributed by atoms with E-state index in [1.807, 2.05) is 12.1 Å². The van der Waals surface area contributed by atoms with Crippen molar-refractivity contribution < 1.29 is 8.42 Å². The van der Waals surface area contributed by atoms with Gasteiger partial charge < -0.3 is 5.32 Å². The first-order chi connectivity index (χ1) is 9.38. The fourth-order valence-electron chi connectivity index (χ4n) is 3.03. The van der Waals surface area contributed by atoms with Crippen molar-refractivity contribution in [3.63, 3.8) is 0 Å². The molecule has 20 heavy (non-hydrogen) atoms. The molecule has 1 aliphatic carbocycles. The molecule has 112 valence electrons. The summed E-state index contributed by atoms with van der Waals surface area (Å²) in [6, 6.07) is 7.51. The molecule has 1 unspecified atom stereocenters. The molecule has 0 aliphatic heterocycles. The third-order valence-corrected chi connectivity index (χ3v) is 5.26. The van der Waals surface area contributed by atoms with E-state index >= 15 is 0 Å². The quantitative estimate of drug-likeness (QED) is 0.877. The van der Waals surface area contributed by atoms with Gasteiger partial charge in [0.15, 0.2) is 0 Å². The lowest BCUT2D eigenvalue weighted by Crippen LogP contribution is -2.34. The van der Waals surface area contributed by atoms with Crippen LogP contribution >= 0.6 is 0 Å². The van der Waals surface area contributed by atoms with E-state index in [0.717, 1.165) is 11.5 Å². The maximum atomic E-state index is 11.2. The van der Waals surface area contributed by atoms with Gasteiger partial charge in [-0.15, -0.1) is 0 Å². The highest BCUT2D eigenvalue weighted by atomic mass is 32.2. The Morgan fingerprint density at radius 1 is 1.15 bits per heavy atom. The van der Waals surface area contributed by atoms with Crippen molar-refractivity contribution >= 4 is 10.0 Å². The topological polar surface area (TPSA) is 72.2 Å². The van der Waals surface area contributed by atoms with Crippen molar-refractivity contribution in [2.24, 2.45) is 11.1 Å². The summed E-state index contributed by atoms with van der Waals surface area (Å²) in [4.78, 5) is 0.164. The largest absolute Gasteiger partial charge is 0.307 e. The van der Waals surface area contributed by atoms with Crippen LogP contribution < -0.4 is 10.5 Å². The molecule has 5 heteroatoms. The van der Waals surface area contributed by atoms with Crippen LogP contribution in [0, 0.1) is 5.92 Å². The van der Waals surface area contributed by atoms with Crippen LogP contribution in [-0.2, 0) is 10.0 Å². The molecule has 0 aromatic heterocycles. The van der Waals surface area contributed by atoms with E-state index < -0.39 is 10.0 Å². The Kier molecular flexibility index (Phi) is 4.83. The lowest BCUT2D eigenvalue weighted by Gasteiger charge is -2.25. The van der Waals surface area contributed by atoms with Crippen molar-refractivity contribution in [1.29, 1.82) is 0 Å². The number of rotatable bonds is 5. The normalized spacial score (nSPS) is 19.9. The van der Waals surface area contributed by atoms with E-state index in [2.05, 4.69) is 19.2 Å². The number of primary sulfonamides is 1. The summed E-state index contributed by atoms with van der Waals surface area (Å²) in [5.41, 5.74) is 1.09. The Morgan fingerprint density at radius 3 is 2.20 bits per heavy atom. The number of hydrogen-bond donors (Lipinski definition) is 2. The molecule has 0 bridgehead atoms. The third kappa shape index (κ3) is 3.81. The summed E-state index contributed by atoms with van der Waals surface area (Å²) in [5, 5.41) is 8.72. The van der Waals surface area contributed by atoms with Crippen molar-refractivity contribution in [1.82, 2.24) is 5.32 Å². The minimum absolute atomic E-state index is 0.164. The van der Waals surface area contributed by atoms with Gasteiger partial charge in [-0.05, 0) is 50.3 Å². The molecule has 4 nitrogen and oxygen atoms in total. The predicted molar refractivity (Wildman–Crippen MR) is 80.8 cm³/mol. The molecule has 0 amide bonds. The standard InChI is InChI=1S/C15H24N2O2S/c1-11(13-5-3-4-6-13)17-12(2)14-7-9-15(10-8-14)20(16,18)19/h7-13,17H,3-6H2,1-2H3,(H2,16,18,19)/t11-,12?/m0/s1. The maximum Gasteiger partial charge on any atom is 0.238 e. The van der Waals surface area contributed by atoms with Crippen LogP contribution in [0.25, 0.3) is 0 Å². The molecule has 3 N–H and O–H groups in total. The van der Waals surface area contributed by atoms with Crippen LogP contribution in [0.1, 0.15) is 51.1 Å². The molecule has 0 spiro atoms. The fourth-order valence-corrected chi connectivity index (χ4v) is 3.55. The average Bonchev–Trinajstić information content (AvgIpc) is 2.91. The molecular weight excluding hydrogens is 272 g/mol. The van der Waals surface area contributed by atoms with Crippen molar-refractivity contribution in [2.75, 3.05) is 0 Å². The number of benzene rings is 1. The van der Waals surface area contributed by atoms with E-state index in [1.54, 1.807) is 12.1 Å². The molecule has 0 saturated heterocycles. The van der Waals surface area contributed by atoms with Crippen molar-refractivity contribution in [2.45, 2.75) is 56.5 Å². The summed E-state index contributed by atoms with van der Waals surface area (Å²) in [6.45, 7) is 4.35. The van der Waals surface area contributed by atoms with Gasteiger partial charge in [0.05, 0.1) is 4.90 Å². The highest BCUT2D eigenvalue weighted by Gasteiger charge is 2.22. The molecule has 1 aromatic rings.